The van der Waals surface area contributed by atoms with E-state index in [4.69, 9.17) is 0 Å². The molecule has 100 valence electrons. The molecular weight excluding hydrogens is 250 g/mol. The number of nitrogens with one attached hydrogen (secondary N) is 1. The Hall–Kier alpha value is -0.970. The molecule has 0 saturated heterocycles. The molecule has 0 aromatic heterocycles. The average molecular weight is 269 g/mol. The Morgan fingerprint density at radius 1 is 1.39 bits per heavy atom. The molecule has 0 radical (unpaired) electrons. The van der Waals surface area contributed by atoms with Crippen molar-refractivity contribution >= 4 is 23.5 Å². The van der Waals surface area contributed by atoms with Crippen molar-refractivity contribution in [3.63, 3.8) is 0 Å². The number of carbonyl (C=O) groups is 2. The SMILES string of the molecule is CC1(C(=O)C2NC=CS2)CCC(C(=O)O)C1(C)C. The standard InChI is InChI=1S/C13H19NO3S/c1-12(2)8(11(16)17)4-5-13(12,3)9(15)10-14-6-7-18-10/h6-8,10,14H,4-5H2,1-3H3,(H,16,17). The number of carboxylic acids is 1. The highest BCUT2D eigenvalue weighted by molar-refractivity contribution is 8.03. The molecule has 2 N–H and O–H groups in total. The van der Waals surface area contributed by atoms with Crippen LogP contribution < -0.4 is 5.32 Å². The van der Waals surface area contributed by atoms with Crippen molar-refractivity contribution in [3.05, 3.63) is 11.6 Å². The van der Waals surface area contributed by atoms with E-state index in [0.717, 1.165) is 0 Å². The van der Waals surface area contributed by atoms with Gasteiger partial charge in [-0.05, 0) is 23.7 Å². The summed E-state index contributed by atoms with van der Waals surface area (Å²) in [5, 5.41) is 13.9. The molecule has 1 aliphatic heterocycles. The van der Waals surface area contributed by atoms with E-state index in [9.17, 15) is 14.7 Å². The zero-order valence-corrected chi connectivity index (χ0v) is 11.7. The Kier molecular flexibility index (Phi) is 3.21. The predicted molar refractivity (Wildman–Crippen MR) is 70.9 cm³/mol. The normalized spacial score (nSPS) is 37.5. The van der Waals surface area contributed by atoms with E-state index in [1.165, 1.54) is 11.8 Å². The lowest BCUT2D eigenvalue weighted by Gasteiger charge is -2.40. The molecule has 0 spiro atoms. The Bertz CT molecular complexity index is 410. The van der Waals surface area contributed by atoms with Crippen LogP contribution in [0.5, 0.6) is 0 Å². The van der Waals surface area contributed by atoms with E-state index in [2.05, 4.69) is 5.32 Å². The van der Waals surface area contributed by atoms with Crippen molar-refractivity contribution in [2.45, 2.75) is 39.0 Å². The smallest absolute Gasteiger partial charge is 0.307 e. The van der Waals surface area contributed by atoms with E-state index < -0.39 is 22.7 Å². The van der Waals surface area contributed by atoms with Crippen LogP contribution in [0.2, 0.25) is 0 Å². The van der Waals surface area contributed by atoms with Crippen LogP contribution in [-0.4, -0.2) is 22.2 Å². The van der Waals surface area contributed by atoms with Crippen LogP contribution in [0.15, 0.2) is 11.6 Å². The maximum absolute atomic E-state index is 12.6. The third-order valence-corrected chi connectivity index (χ3v) is 5.75. The second kappa shape index (κ2) is 4.30. The summed E-state index contributed by atoms with van der Waals surface area (Å²) >= 11 is 1.46. The highest BCUT2D eigenvalue weighted by Gasteiger charge is 2.59. The van der Waals surface area contributed by atoms with Gasteiger partial charge in [0.15, 0.2) is 5.78 Å². The quantitative estimate of drug-likeness (QED) is 0.822. The molecule has 0 amide bonds. The number of Topliss-reactive ketones (excluding diaryl/α,β-unsaturated/α-hetero) is 1. The third kappa shape index (κ3) is 1.76. The summed E-state index contributed by atoms with van der Waals surface area (Å²) < 4.78 is 0. The topological polar surface area (TPSA) is 66.4 Å². The first-order valence-corrected chi connectivity index (χ1v) is 7.08. The Labute approximate surface area is 111 Å². The first-order valence-electron chi connectivity index (χ1n) is 6.14. The van der Waals surface area contributed by atoms with E-state index in [1.54, 1.807) is 6.20 Å². The van der Waals surface area contributed by atoms with E-state index in [0.29, 0.717) is 12.8 Å². The Balaban J connectivity index is 2.26. The van der Waals surface area contributed by atoms with E-state index in [-0.39, 0.29) is 11.2 Å². The summed E-state index contributed by atoms with van der Waals surface area (Å²) in [7, 11) is 0. The predicted octanol–water partition coefficient (Wildman–Crippen LogP) is 2.22. The molecule has 1 aliphatic carbocycles. The fourth-order valence-corrected chi connectivity index (χ4v) is 3.94. The van der Waals surface area contributed by atoms with Gasteiger partial charge in [0.1, 0.15) is 5.37 Å². The fraction of sp³-hybridized carbons (Fsp3) is 0.692. The summed E-state index contributed by atoms with van der Waals surface area (Å²) in [6.07, 6.45) is 3.00. The molecule has 3 atom stereocenters. The summed E-state index contributed by atoms with van der Waals surface area (Å²) in [5.41, 5.74) is -1.09. The van der Waals surface area contributed by atoms with Gasteiger partial charge in [0.2, 0.25) is 0 Å². The number of carboxylic acid groups (broad SMARTS) is 1. The van der Waals surface area contributed by atoms with Gasteiger partial charge in [-0.15, -0.1) is 0 Å². The van der Waals surface area contributed by atoms with Gasteiger partial charge in [-0.2, -0.15) is 0 Å². The van der Waals surface area contributed by atoms with Gasteiger partial charge >= 0.3 is 5.97 Å². The molecule has 4 nitrogen and oxygen atoms in total. The van der Waals surface area contributed by atoms with Gasteiger partial charge in [0, 0.05) is 11.6 Å². The van der Waals surface area contributed by atoms with Gasteiger partial charge in [-0.1, -0.05) is 32.5 Å². The van der Waals surface area contributed by atoms with Crippen molar-refractivity contribution in [2.75, 3.05) is 0 Å². The first-order chi connectivity index (χ1) is 8.30. The van der Waals surface area contributed by atoms with Crippen LogP contribution >= 0.6 is 11.8 Å². The lowest BCUT2D eigenvalue weighted by Crippen LogP contribution is -2.48. The molecule has 1 heterocycles. The van der Waals surface area contributed by atoms with Gasteiger partial charge in [-0.3, -0.25) is 9.59 Å². The van der Waals surface area contributed by atoms with Crippen molar-refractivity contribution < 1.29 is 14.7 Å². The average Bonchev–Trinajstić information content (AvgIpc) is 2.86. The lowest BCUT2D eigenvalue weighted by molar-refractivity contribution is -0.148. The van der Waals surface area contributed by atoms with Gasteiger partial charge < -0.3 is 10.4 Å². The zero-order valence-electron chi connectivity index (χ0n) is 10.9. The summed E-state index contributed by atoms with van der Waals surface area (Å²) in [6, 6.07) is 0. The van der Waals surface area contributed by atoms with Crippen LogP contribution in [0.1, 0.15) is 33.6 Å². The first kappa shape index (κ1) is 13.5. The van der Waals surface area contributed by atoms with E-state index in [1.807, 2.05) is 26.2 Å². The number of aliphatic carboxylic acids is 1. The summed E-state index contributed by atoms with van der Waals surface area (Å²) in [6.45, 7) is 5.73. The fourth-order valence-electron chi connectivity index (χ4n) is 3.08. The molecule has 0 aromatic rings. The highest BCUT2D eigenvalue weighted by Crippen LogP contribution is 2.57. The lowest BCUT2D eigenvalue weighted by atomic mass is 9.63. The summed E-state index contributed by atoms with van der Waals surface area (Å²) in [4.78, 5) is 23.9. The van der Waals surface area contributed by atoms with Gasteiger partial charge in [0.05, 0.1) is 5.92 Å². The van der Waals surface area contributed by atoms with Crippen molar-refractivity contribution in [1.82, 2.24) is 5.32 Å². The minimum atomic E-state index is -0.790. The molecule has 2 aliphatic rings. The van der Waals surface area contributed by atoms with Crippen LogP contribution in [-0.2, 0) is 9.59 Å². The molecule has 5 heteroatoms. The van der Waals surface area contributed by atoms with Crippen LogP contribution in [0, 0.1) is 16.7 Å². The molecule has 0 bridgehead atoms. The number of carbonyl (C=O) groups excluding carboxylic acids is 1. The molecular formula is C13H19NO3S. The minimum Gasteiger partial charge on any atom is -0.481 e. The molecule has 0 aromatic carbocycles. The van der Waals surface area contributed by atoms with Crippen molar-refractivity contribution in [1.29, 1.82) is 0 Å². The number of rotatable bonds is 3. The highest BCUT2D eigenvalue weighted by atomic mass is 32.2. The summed E-state index contributed by atoms with van der Waals surface area (Å²) in [5.74, 6) is -1.11. The monoisotopic (exact) mass is 269 g/mol. The van der Waals surface area contributed by atoms with Gasteiger partial charge in [-0.25, -0.2) is 0 Å². The Morgan fingerprint density at radius 3 is 2.50 bits per heavy atom. The Morgan fingerprint density at radius 2 is 2.06 bits per heavy atom. The number of hydrogen-bond acceptors (Lipinski definition) is 4. The van der Waals surface area contributed by atoms with Crippen molar-refractivity contribution in [2.24, 2.45) is 16.7 Å². The van der Waals surface area contributed by atoms with E-state index >= 15 is 0 Å². The molecule has 3 unspecified atom stereocenters. The maximum atomic E-state index is 12.6. The van der Waals surface area contributed by atoms with Crippen molar-refractivity contribution in [3.8, 4) is 0 Å². The maximum Gasteiger partial charge on any atom is 0.307 e. The van der Waals surface area contributed by atoms with Crippen LogP contribution in [0.3, 0.4) is 0 Å². The number of hydrogen-bond donors (Lipinski definition) is 2. The second-order valence-corrected chi connectivity index (χ2v) is 6.85. The second-order valence-electron chi connectivity index (χ2n) is 5.83. The molecule has 1 fully saturated rings. The van der Waals surface area contributed by atoms with Crippen LogP contribution in [0.4, 0.5) is 0 Å². The van der Waals surface area contributed by atoms with Crippen LogP contribution in [0.25, 0.3) is 0 Å². The number of thioether (sulfide) groups is 1. The molecule has 2 rings (SSSR count). The third-order valence-electron chi connectivity index (χ3n) is 4.84. The van der Waals surface area contributed by atoms with Gasteiger partial charge in [0.25, 0.3) is 0 Å². The molecule has 18 heavy (non-hydrogen) atoms. The minimum absolute atomic E-state index is 0.117. The zero-order chi connectivity index (χ0) is 13.6. The molecule has 1 saturated carbocycles. The number of ketones is 1. The largest absolute Gasteiger partial charge is 0.481 e.